The summed E-state index contributed by atoms with van der Waals surface area (Å²) >= 11 is 0. The number of aromatic nitrogens is 1. The van der Waals surface area contributed by atoms with Crippen LogP contribution in [-0.2, 0) is 0 Å². The fraction of sp³-hybridized carbons (Fsp3) is 0.235. The van der Waals surface area contributed by atoms with E-state index in [1.54, 1.807) is 12.1 Å². The van der Waals surface area contributed by atoms with E-state index < -0.39 is 19.0 Å². The second-order valence-corrected chi connectivity index (χ2v) is 5.60. The van der Waals surface area contributed by atoms with Gasteiger partial charge in [0, 0.05) is 28.8 Å². The van der Waals surface area contributed by atoms with E-state index in [4.69, 9.17) is 5.53 Å². The van der Waals surface area contributed by atoms with E-state index in [9.17, 15) is 17.6 Å². The summed E-state index contributed by atoms with van der Waals surface area (Å²) in [6, 6.07) is 10.3. The molecule has 0 aliphatic heterocycles. The summed E-state index contributed by atoms with van der Waals surface area (Å²) in [5, 5.41) is 3.71. The molecule has 0 amide bonds. The monoisotopic (exact) mass is 364 g/mol. The molecule has 1 aliphatic rings. The molecule has 1 aromatic heterocycles. The number of hydrogen-bond acceptors (Lipinski definition) is 3. The summed E-state index contributed by atoms with van der Waals surface area (Å²) in [5.41, 5.74) is 11.7. The summed E-state index contributed by atoms with van der Waals surface area (Å²) in [6.45, 7) is -1.47. The van der Waals surface area contributed by atoms with Gasteiger partial charge in [0.15, 0.2) is 6.61 Å². The third-order valence-electron chi connectivity index (χ3n) is 3.89. The molecule has 26 heavy (non-hydrogen) atoms. The molecular formula is C17H12F4N4O. The maximum atomic E-state index is 12.9. The van der Waals surface area contributed by atoms with Crippen LogP contribution in [0.1, 0.15) is 22.6 Å². The van der Waals surface area contributed by atoms with Crippen LogP contribution in [0.4, 0.5) is 17.6 Å². The minimum Gasteiger partial charge on any atom is -0.471 e. The Labute approximate surface area is 145 Å². The summed E-state index contributed by atoms with van der Waals surface area (Å²) < 4.78 is 54.7. The highest BCUT2D eigenvalue weighted by Crippen LogP contribution is 2.41. The van der Waals surface area contributed by atoms with Crippen molar-refractivity contribution in [2.75, 3.05) is 6.61 Å². The topological polar surface area (TPSA) is 70.9 Å². The van der Waals surface area contributed by atoms with Crippen molar-refractivity contribution < 1.29 is 22.3 Å². The van der Waals surface area contributed by atoms with Gasteiger partial charge in [-0.05, 0) is 28.3 Å². The number of nitrogens with zero attached hydrogens (tertiary/aromatic N) is 4. The molecule has 1 unspecified atom stereocenters. The lowest BCUT2D eigenvalue weighted by molar-refractivity contribution is -0.148. The molecular weight excluding hydrogens is 352 g/mol. The van der Waals surface area contributed by atoms with Gasteiger partial charge >= 0.3 is 12.3 Å². The lowest BCUT2D eigenvalue weighted by Crippen LogP contribution is -2.33. The van der Waals surface area contributed by atoms with Crippen LogP contribution in [0.3, 0.4) is 0 Å². The Kier molecular flexibility index (Phi) is 4.81. The van der Waals surface area contributed by atoms with Gasteiger partial charge in [0.25, 0.3) is 0 Å². The SMILES string of the molecule is [N-]=[N+]=NC1=Cc2ccccc2C1c1ccc(OCC(F)(F)C(F)F)nc1. The number of azide groups is 1. The van der Waals surface area contributed by atoms with Gasteiger partial charge in [-0.15, -0.1) is 0 Å². The van der Waals surface area contributed by atoms with Crippen LogP contribution in [-0.4, -0.2) is 23.9 Å². The number of pyridine rings is 1. The van der Waals surface area contributed by atoms with Crippen LogP contribution >= 0.6 is 0 Å². The smallest absolute Gasteiger partial charge is 0.340 e. The highest BCUT2D eigenvalue weighted by atomic mass is 19.3. The van der Waals surface area contributed by atoms with Gasteiger partial charge in [-0.25, -0.2) is 13.8 Å². The van der Waals surface area contributed by atoms with Gasteiger partial charge in [0.2, 0.25) is 5.88 Å². The first-order valence-electron chi connectivity index (χ1n) is 7.52. The Morgan fingerprint density at radius 1 is 1.23 bits per heavy atom. The highest BCUT2D eigenvalue weighted by molar-refractivity contribution is 5.68. The first kappa shape index (κ1) is 17.8. The van der Waals surface area contributed by atoms with Crippen molar-refractivity contribution in [1.82, 2.24) is 4.98 Å². The van der Waals surface area contributed by atoms with Crippen molar-refractivity contribution in [2.45, 2.75) is 18.3 Å². The van der Waals surface area contributed by atoms with E-state index in [0.29, 0.717) is 11.3 Å². The molecule has 1 heterocycles. The van der Waals surface area contributed by atoms with Crippen LogP contribution in [0.2, 0.25) is 0 Å². The quantitative estimate of drug-likeness (QED) is 0.307. The summed E-state index contributed by atoms with van der Waals surface area (Å²) in [7, 11) is 0. The van der Waals surface area contributed by atoms with Crippen molar-refractivity contribution in [1.29, 1.82) is 0 Å². The first-order chi connectivity index (χ1) is 12.4. The molecule has 0 radical (unpaired) electrons. The molecule has 0 saturated heterocycles. The second kappa shape index (κ2) is 7.05. The zero-order valence-corrected chi connectivity index (χ0v) is 13.2. The summed E-state index contributed by atoms with van der Waals surface area (Å²) in [6.07, 6.45) is -0.676. The predicted octanol–water partition coefficient (Wildman–Crippen LogP) is 5.16. The van der Waals surface area contributed by atoms with E-state index in [2.05, 4.69) is 19.7 Å². The van der Waals surface area contributed by atoms with Gasteiger partial charge in [-0.2, -0.15) is 8.78 Å². The van der Waals surface area contributed by atoms with E-state index in [1.807, 2.05) is 24.3 Å². The number of hydrogen-bond donors (Lipinski definition) is 0. The van der Waals surface area contributed by atoms with Gasteiger partial charge < -0.3 is 4.74 Å². The molecule has 1 aliphatic carbocycles. The largest absolute Gasteiger partial charge is 0.471 e. The maximum absolute atomic E-state index is 12.9. The number of allylic oxidation sites excluding steroid dienone is 1. The average molecular weight is 364 g/mol. The van der Waals surface area contributed by atoms with Crippen molar-refractivity contribution in [3.05, 3.63) is 75.4 Å². The van der Waals surface area contributed by atoms with E-state index in [0.717, 1.165) is 11.1 Å². The number of alkyl halides is 4. The van der Waals surface area contributed by atoms with Gasteiger partial charge in [0.1, 0.15) is 0 Å². The first-order valence-corrected chi connectivity index (χ1v) is 7.52. The van der Waals surface area contributed by atoms with Crippen molar-refractivity contribution in [3.8, 4) is 5.88 Å². The Balaban J connectivity index is 1.82. The molecule has 134 valence electrons. The molecule has 1 aromatic carbocycles. The van der Waals surface area contributed by atoms with E-state index >= 15 is 0 Å². The van der Waals surface area contributed by atoms with Crippen LogP contribution in [0, 0.1) is 0 Å². The Bertz CT molecular complexity index is 877. The van der Waals surface area contributed by atoms with Crippen LogP contribution in [0.25, 0.3) is 16.5 Å². The Morgan fingerprint density at radius 3 is 2.65 bits per heavy atom. The molecule has 1 atom stereocenters. The molecule has 0 fully saturated rings. The number of ether oxygens (including phenoxy) is 1. The third-order valence-corrected chi connectivity index (χ3v) is 3.89. The number of rotatable bonds is 6. The highest BCUT2D eigenvalue weighted by Gasteiger charge is 2.41. The van der Waals surface area contributed by atoms with E-state index in [-0.39, 0.29) is 11.8 Å². The van der Waals surface area contributed by atoms with Gasteiger partial charge in [-0.1, -0.05) is 35.4 Å². The minimum atomic E-state index is -4.25. The van der Waals surface area contributed by atoms with E-state index in [1.165, 1.54) is 12.3 Å². The zero-order valence-electron chi connectivity index (χ0n) is 13.2. The molecule has 0 spiro atoms. The van der Waals surface area contributed by atoms with Gasteiger partial charge in [0.05, 0.1) is 0 Å². The van der Waals surface area contributed by atoms with Crippen molar-refractivity contribution >= 4 is 6.08 Å². The fourth-order valence-electron chi connectivity index (χ4n) is 2.68. The molecule has 0 bridgehead atoms. The second-order valence-electron chi connectivity index (χ2n) is 5.60. The van der Waals surface area contributed by atoms with Gasteiger partial charge in [-0.3, -0.25) is 0 Å². The molecule has 0 saturated carbocycles. The molecule has 2 aromatic rings. The zero-order chi connectivity index (χ0) is 18.7. The van der Waals surface area contributed by atoms with Crippen molar-refractivity contribution in [3.63, 3.8) is 0 Å². The summed E-state index contributed by atoms with van der Waals surface area (Å²) in [5.74, 6) is -4.80. The number of fused-ring (bicyclic) bond motifs is 1. The molecule has 3 rings (SSSR count). The maximum Gasteiger partial charge on any atom is 0.340 e. The molecule has 0 N–H and O–H groups in total. The Morgan fingerprint density at radius 2 is 2.00 bits per heavy atom. The number of benzene rings is 1. The predicted molar refractivity (Wildman–Crippen MR) is 86.1 cm³/mol. The van der Waals surface area contributed by atoms with Crippen LogP contribution in [0.5, 0.6) is 5.88 Å². The third kappa shape index (κ3) is 3.48. The Hall–Kier alpha value is -3.06. The minimum absolute atomic E-state index is 0.199. The van der Waals surface area contributed by atoms with Crippen LogP contribution < -0.4 is 4.74 Å². The fourth-order valence-corrected chi connectivity index (χ4v) is 2.68. The lowest BCUT2D eigenvalue weighted by Gasteiger charge is -2.17. The molecule has 5 nitrogen and oxygen atoms in total. The molecule has 9 heteroatoms. The lowest BCUT2D eigenvalue weighted by atomic mass is 9.93. The standard InChI is InChI=1S/C17H12F4N4O/c18-16(19)17(20,21)9-26-14-6-5-11(8-23-14)15-12-4-2-1-3-10(12)7-13(15)24-25-22/h1-8,15-16H,9H2. The number of halogens is 4. The normalized spacial score (nSPS) is 16.0. The average Bonchev–Trinajstić information content (AvgIpc) is 2.99. The summed E-state index contributed by atoms with van der Waals surface area (Å²) in [4.78, 5) is 6.71. The van der Waals surface area contributed by atoms with Crippen LogP contribution in [0.15, 0.2) is 53.4 Å². The van der Waals surface area contributed by atoms with Crippen molar-refractivity contribution in [2.24, 2.45) is 5.11 Å².